The fraction of sp³-hybridized carbons (Fsp3) is 0.0312. The molecule has 0 spiro atoms. The topological polar surface area (TPSA) is 0 Å². The van der Waals surface area contributed by atoms with Gasteiger partial charge in [-0.3, -0.25) is 0 Å². The van der Waals surface area contributed by atoms with E-state index >= 15 is 0 Å². The van der Waals surface area contributed by atoms with E-state index in [0.29, 0.717) is 0 Å². The van der Waals surface area contributed by atoms with E-state index < -0.39 is 5.41 Å². The molecule has 0 saturated heterocycles. The molecule has 0 atom stereocenters. The molecule has 0 aromatic heterocycles. The number of hydrogen-bond acceptors (Lipinski definition) is 0. The second-order valence-electron chi connectivity index (χ2n) is 16.9. The minimum atomic E-state index is -0.412. The molecule has 0 N–H and O–H groups in total. The van der Waals surface area contributed by atoms with E-state index in [1.54, 1.807) is 0 Å². The third-order valence-corrected chi connectivity index (χ3v) is 13.3. The third kappa shape index (κ3) is 6.91. The molecule has 302 valence electrons. The maximum absolute atomic E-state index is 2.38. The number of fused-ring (bicyclic) bond motifs is 4. The molecule has 0 aliphatic rings. The maximum Gasteiger partial charge on any atom is 0.0423 e. The summed E-state index contributed by atoms with van der Waals surface area (Å²) in [5.74, 6) is 0. The van der Waals surface area contributed by atoms with Gasteiger partial charge in [0.05, 0.1) is 0 Å². The smallest absolute Gasteiger partial charge is 0.0423 e. The molecular weight excluding hydrogens is 769 g/mol. The first-order chi connectivity index (χ1) is 31.6. The molecule has 64 heavy (non-hydrogen) atoms. The lowest BCUT2D eigenvalue weighted by Gasteiger charge is -2.32. The van der Waals surface area contributed by atoms with Gasteiger partial charge >= 0.3 is 0 Å². The van der Waals surface area contributed by atoms with E-state index in [1.807, 2.05) is 0 Å². The van der Waals surface area contributed by atoms with Crippen molar-refractivity contribution in [2.24, 2.45) is 0 Å². The Balaban J connectivity index is 1.02. The lowest BCUT2D eigenvalue weighted by molar-refractivity contribution is 0.693. The summed E-state index contributed by atoms with van der Waals surface area (Å²) < 4.78 is 0. The van der Waals surface area contributed by atoms with Gasteiger partial charge in [0.15, 0.2) is 0 Å². The van der Waals surface area contributed by atoms with Crippen molar-refractivity contribution in [2.45, 2.75) is 12.3 Å². The summed E-state index contributed by atoms with van der Waals surface area (Å²) in [5, 5.41) is 10.0. The van der Waals surface area contributed by atoms with Crippen LogP contribution in [0.5, 0.6) is 0 Å². The number of benzene rings is 11. The number of hydrogen-bond donors (Lipinski definition) is 0. The second kappa shape index (κ2) is 16.7. The van der Waals surface area contributed by atoms with Gasteiger partial charge in [-0.2, -0.15) is 0 Å². The largest absolute Gasteiger partial charge is 0.0622 e. The van der Waals surface area contributed by atoms with Crippen molar-refractivity contribution in [2.75, 3.05) is 0 Å². The Hall–Kier alpha value is -8.06. The van der Waals surface area contributed by atoms with Crippen molar-refractivity contribution in [3.63, 3.8) is 0 Å². The molecule has 0 amide bonds. The van der Waals surface area contributed by atoms with Crippen LogP contribution in [0.2, 0.25) is 0 Å². The lowest BCUT2D eigenvalue weighted by Crippen LogP contribution is -2.25. The molecule has 11 aromatic rings. The second-order valence-corrected chi connectivity index (χ2v) is 16.9. The Bertz CT molecular complexity index is 3170. The zero-order chi connectivity index (χ0) is 42.9. The molecule has 11 rings (SSSR count). The molecule has 0 aliphatic heterocycles. The first-order valence-electron chi connectivity index (χ1n) is 22.3. The normalized spacial score (nSPS) is 12.0. The van der Waals surface area contributed by atoms with Gasteiger partial charge < -0.3 is 0 Å². The van der Waals surface area contributed by atoms with Crippen molar-refractivity contribution < 1.29 is 0 Å². The molecule has 0 nitrogen and oxygen atoms in total. The Kier molecular flexibility index (Phi) is 10.1. The predicted molar refractivity (Wildman–Crippen MR) is 277 cm³/mol. The quantitative estimate of drug-likeness (QED) is 0.0773. The summed E-state index contributed by atoms with van der Waals surface area (Å²) in [6.45, 7) is 2.38. The molecule has 0 fully saturated rings. The Morgan fingerprint density at radius 1 is 0.250 bits per heavy atom. The summed E-state index contributed by atoms with van der Waals surface area (Å²) >= 11 is 0. The van der Waals surface area contributed by atoms with Crippen LogP contribution < -0.4 is 0 Å². The Morgan fingerprint density at radius 3 is 0.844 bits per heavy atom. The highest BCUT2D eigenvalue weighted by Gasteiger charge is 2.31. The minimum absolute atomic E-state index is 0.412. The highest BCUT2D eigenvalue weighted by Crippen LogP contribution is 2.45. The molecule has 0 heterocycles. The zero-order valence-electron chi connectivity index (χ0n) is 35.8. The van der Waals surface area contributed by atoms with Crippen LogP contribution in [0.1, 0.15) is 45.9 Å². The number of rotatable bonds is 9. The van der Waals surface area contributed by atoms with Crippen LogP contribution in [-0.4, -0.2) is 0 Å². The third-order valence-electron chi connectivity index (χ3n) is 13.3. The van der Waals surface area contributed by atoms with Crippen LogP contribution in [0.15, 0.2) is 237 Å². The van der Waals surface area contributed by atoms with E-state index in [1.165, 1.54) is 104 Å². The highest BCUT2D eigenvalue weighted by atomic mass is 14.3. The zero-order valence-corrected chi connectivity index (χ0v) is 35.8. The fourth-order valence-electron chi connectivity index (χ4n) is 10.0. The molecule has 0 saturated carbocycles. The van der Waals surface area contributed by atoms with Crippen molar-refractivity contribution >= 4 is 67.4 Å². The van der Waals surface area contributed by atoms with Gasteiger partial charge in [-0.05, 0) is 111 Å². The SMILES string of the molecule is CC(c1ccccc1)(c1ccc(-c2c3ccccc3c(/C=C/c3ccccc3)c3ccccc23)cc1)c1ccc(-c2c3ccccc3c(/C=C/c3ccccc3)c3ccccc23)cc1. The first-order valence-corrected chi connectivity index (χ1v) is 22.3. The van der Waals surface area contributed by atoms with Gasteiger partial charge in [-0.15, -0.1) is 0 Å². The van der Waals surface area contributed by atoms with E-state index in [2.05, 4.69) is 268 Å². The van der Waals surface area contributed by atoms with Gasteiger partial charge in [0.2, 0.25) is 0 Å². The molecule has 0 bridgehead atoms. The standard InChI is InChI=1S/C64H46/c1-64(49-23-9-4-10-24-49,50-39-35-47(36-40-50)62-58-29-15-11-25-52(58)56(53-26-12-16-30-59(53)62)43-33-45-19-5-2-6-20-45)51-41-37-48(38-42-51)63-60-31-17-13-27-54(60)57(55-28-14-18-32-61(55)63)44-34-46-21-7-3-8-22-46/h2-44H,1H3/b43-33+,44-34+. The summed E-state index contributed by atoms with van der Waals surface area (Å²) in [5.41, 5.74) is 13.2. The van der Waals surface area contributed by atoms with Crippen LogP contribution in [-0.2, 0) is 5.41 Å². The molecule has 0 radical (unpaired) electrons. The molecular formula is C64H46. The maximum atomic E-state index is 2.38. The summed E-state index contributed by atoms with van der Waals surface area (Å²) in [6.07, 6.45) is 9.03. The van der Waals surface area contributed by atoms with Crippen LogP contribution >= 0.6 is 0 Å². The van der Waals surface area contributed by atoms with Gasteiger partial charge in [0.1, 0.15) is 0 Å². The van der Waals surface area contributed by atoms with Crippen LogP contribution in [0.4, 0.5) is 0 Å². The van der Waals surface area contributed by atoms with Gasteiger partial charge in [-0.1, -0.05) is 261 Å². The summed E-state index contributed by atoms with van der Waals surface area (Å²) in [4.78, 5) is 0. The van der Waals surface area contributed by atoms with Crippen molar-refractivity contribution in [1.29, 1.82) is 0 Å². The highest BCUT2D eigenvalue weighted by molar-refractivity contribution is 6.19. The van der Waals surface area contributed by atoms with E-state index in [-0.39, 0.29) is 0 Å². The molecule has 0 aliphatic carbocycles. The average Bonchev–Trinajstić information content (AvgIpc) is 3.37. The summed E-state index contributed by atoms with van der Waals surface area (Å²) in [7, 11) is 0. The Labute approximate surface area is 375 Å². The van der Waals surface area contributed by atoms with Crippen LogP contribution in [0.25, 0.3) is 89.6 Å². The summed E-state index contributed by atoms with van der Waals surface area (Å²) in [6, 6.07) is 86.3. The van der Waals surface area contributed by atoms with Gasteiger partial charge in [0, 0.05) is 5.41 Å². The average molecular weight is 815 g/mol. The van der Waals surface area contributed by atoms with Crippen molar-refractivity contribution in [3.05, 3.63) is 276 Å². The van der Waals surface area contributed by atoms with E-state index in [0.717, 1.165) is 0 Å². The monoisotopic (exact) mass is 814 g/mol. The first kappa shape index (κ1) is 38.8. The molecule has 0 unspecified atom stereocenters. The van der Waals surface area contributed by atoms with E-state index in [9.17, 15) is 0 Å². The minimum Gasteiger partial charge on any atom is -0.0622 e. The van der Waals surface area contributed by atoms with Crippen molar-refractivity contribution in [3.8, 4) is 22.3 Å². The Morgan fingerprint density at radius 2 is 0.516 bits per heavy atom. The molecule has 0 heteroatoms. The van der Waals surface area contributed by atoms with E-state index in [4.69, 9.17) is 0 Å². The predicted octanol–water partition coefficient (Wildman–Crippen LogP) is 17.3. The van der Waals surface area contributed by atoms with Gasteiger partial charge in [-0.25, -0.2) is 0 Å². The van der Waals surface area contributed by atoms with Gasteiger partial charge in [0.25, 0.3) is 0 Å². The molecule has 11 aromatic carbocycles. The fourth-order valence-corrected chi connectivity index (χ4v) is 10.0. The lowest BCUT2D eigenvalue weighted by atomic mass is 9.70. The van der Waals surface area contributed by atoms with Crippen LogP contribution in [0.3, 0.4) is 0 Å². The van der Waals surface area contributed by atoms with Crippen molar-refractivity contribution in [1.82, 2.24) is 0 Å². The van der Waals surface area contributed by atoms with Crippen LogP contribution in [0, 0.1) is 0 Å².